The maximum absolute atomic E-state index is 11.0. The van der Waals surface area contributed by atoms with Crippen molar-refractivity contribution in [3.8, 4) is 0 Å². The minimum Gasteiger partial charge on any atom is -0.357 e. The standard InChI is InChI=1S/C11H14N2O/c1-9(14)10-4-5-11(12-8-10)13-6-2-3-7-13/h4-5,8H,2-3,6-7H2,1H3. The summed E-state index contributed by atoms with van der Waals surface area (Å²) in [6, 6.07) is 3.78. The normalized spacial score (nSPS) is 15.9. The van der Waals surface area contributed by atoms with Crippen LogP contribution < -0.4 is 4.90 Å². The molecule has 0 atom stereocenters. The van der Waals surface area contributed by atoms with Gasteiger partial charge in [-0.2, -0.15) is 0 Å². The first-order valence-corrected chi connectivity index (χ1v) is 4.99. The van der Waals surface area contributed by atoms with Crippen molar-refractivity contribution in [3.63, 3.8) is 0 Å². The third-order valence-electron chi connectivity index (χ3n) is 2.58. The summed E-state index contributed by atoms with van der Waals surface area (Å²) in [4.78, 5) is 17.6. The molecule has 1 aromatic heterocycles. The monoisotopic (exact) mass is 190 g/mol. The molecule has 74 valence electrons. The molecule has 1 saturated heterocycles. The molecule has 0 amide bonds. The Kier molecular flexibility index (Phi) is 2.48. The zero-order valence-electron chi connectivity index (χ0n) is 8.36. The van der Waals surface area contributed by atoms with E-state index < -0.39 is 0 Å². The fraction of sp³-hybridized carbons (Fsp3) is 0.455. The van der Waals surface area contributed by atoms with Crippen LogP contribution in [0, 0.1) is 0 Å². The zero-order chi connectivity index (χ0) is 9.97. The van der Waals surface area contributed by atoms with Gasteiger partial charge in [-0.3, -0.25) is 4.79 Å². The van der Waals surface area contributed by atoms with E-state index in [1.165, 1.54) is 12.8 Å². The molecular formula is C11H14N2O. The summed E-state index contributed by atoms with van der Waals surface area (Å²) in [6.07, 6.45) is 4.16. The van der Waals surface area contributed by atoms with Gasteiger partial charge < -0.3 is 4.90 Å². The molecule has 0 spiro atoms. The summed E-state index contributed by atoms with van der Waals surface area (Å²) >= 11 is 0. The molecule has 0 aliphatic carbocycles. The molecule has 1 aromatic rings. The summed E-state index contributed by atoms with van der Waals surface area (Å²) in [7, 11) is 0. The predicted octanol–water partition coefficient (Wildman–Crippen LogP) is 1.88. The molecule has 0 saturated carbocycles. The van der Waals surface area contributed by atoms with E-state index in [9.17, 15) is 4.79 Å². The number of carbonyl (C=O) groups is 1. The van der Waals surface area contributed by atoms with Crippen LogP contribution in [0.15, 0.2) is 18.3 Å². The number of pyridine rings is 1. The molecule has 1 fully saturated rings. The molecule has 0 N–H and O–H groups in total. The largest absolute Gasteiger partial charge is 0.357 e. The highest BCUT2D eigenvalue weighted by atomic mass is 16.1. The highest BCUT2D eigenvalue weighted by Crippen LogP contribution is 2.17. The highest BCUT2D eigenvalue weighted by molar-refractivity contribution is 5.93. The Morgan fingerprint density at radius 3 is 2.57 bits per heavy atom. The average Bonchev–Trinajstić information content (AvgIpc) is 2.71. The van der Waals surface area contributed by atoms with Crippen LogP contribution in [0.25, 0.3) is 0 Å². The summed E-state index contributed by atoms with van der Waals surface area (Å²) in [6.45, 7) is 3.74. The average molecular weight is 190 g/mol. The van der Waals surface area contributed by atoms with E-state index in [1.54, 1.807) is 13.1 Å². The second-order valence-electron chi connectivity index (χ2n) is 3.66. The van der Waals surface area contributed by atoms with E-state index in [0.717, 1.165) is 18.9 Å². The van der Waals surface area contributed by atoms with Crippen molar-refractivity contribution in [2.45, 2.75) is 19.8 Å². The van der Waals surface area contributed by atoms with Gasteiger partial charge in [0.1, 0.15) is 5.82 Å². The van der Waals surface area contributed by atoms with Gasteiger partial charge in [0.05, 0.1) is 0 Å². The Labute approximate surface area is 83.8 Å². The van der Waals surface area contributed by atoms with E-state index in [0.29, 0.717) is 5.56 Å². The highest BCUT2D eigenvalue weighted by Gasteiger charge is 2.13. The number of hydrogen-bond acceptors (Lipinski definition) is 3. The van der Waals surface area contributed by atoms with Crippen LogP contribution in [0.5, 0.6) is 0 Å². The lowest BCUT2D eigenvalue weighted by molar-refractivity contribution is 0.101. The Balaban J connectivity index is 2.16. The number of Topliss-reactive ketones (excluding diaryl/α,β-unsaturated/α-hetero) is 1. The van der Waals surface area contributed by atoms with Crippen molar-refractivity contribution in [3.05, 3.63) is 23.9 Å². The number of aromatic nitrogens is 1. The van der Waals surface area contributed by atoms with Crippen molar-refractivity contribution in [2.75, 3.05) is 18.0 Å². The van der Waals surface area contributed by atoms with Gasteiger partial charge in [0.15, 0.2) is 5.78 Å². The molecule has 1 aliphatic rings. The lowest BCUT2D eigenvalue weighted by Crippen LogP contribution is -2.18. The van der Waals surface area contributed by atoms with E-state index in [-0.39, 0.29) is 5.78 Å². The number of carbonyl (C=O) groups excluding carboxylic acids is 1. The van der Waals surface area contributed by atoms with E-state index in [2.05, 4.69) is 9.88 Å². The van der Waals surface area contributed by atoms with E-state index >= 15 is 0 Å². The SMILES string of the molecule is CC(=O)c1ccc(N2CCCC2)nc1. The summed E-state index contributed by atoms with van der Waals surface area (Å²) < 4.78 is 0. The minimum absolute atomic E-state index is 0.0745. The first-order valence-electron chi connectivity index (χ1n) is 4.99. The molecule has 0 bridgehead atoms. The van der Waals surface area contributed by atoms with Gasteiger partial charge in [-0.1, -0.05) is 0 Å². The first-order chi connectivity index (χ1) is 6.77. The molecule has 3 nitrogen and oxygen atoms in total. The van der Waals surface area contributed by atoms with Crippen LogP contribution >= 0.6 is 0 Å². The lowest BCUT2D eigenvalue weighted by atomic mass is 10.2. The first kappa shape index (κ1) is 9.19. The van der Waals surface area contributed by atoms with Crippen LogP contribution in [-0.4, -0.2) is 23.9 Å². The molecular weight excluding hydrogens is 176 g/mol. The Morgan fingerprint density at radius 1 is 1.36 bits per heavy atom. The summed E-state index contributed by atoms with van der Waals surface area (Å²) in [5, 5.41) is 0. The smallest absolute Gasteiger partial charge is 0.161 e. The van der Waals surface area contributed by atoms with Gasteiger partial charge in [0.2, 0.25) is 0 Å². The Morgan fingerprint density at radius 2 is 2.07 bits per heavy atom. The summed E-state index contributed by atoms with van der Waals surface area (Å²) in [5.74, 6) is 1.07. The third-order valence-corrected chi connectivity index (χ3v) is 2.58. The number of hydrogen-bond donors (Lipinski definition) is 0. The molecule has 2 rings (SSSR count). The van der Waals surface area contributed by atoms with Crippen molar-refractivity contribution in [1.82, 2.24) is 4.98 Å². The van der Waals surface area contributed by atoms with Gasteiger partial charge in [0, 0.05) is 24.8 Å². The van der Waals surface area contributed by atoms with Crippen LogP contribution in [0.1, 0.15) is 30.1 Å². The van der Waals surface area contributed by atoms with Crippen LogP contribution in [0.2, 0.25) is 0 Å². The van der Waals surface area contributed by atoms with Crippen molar-refractivity contribution in [1.29, 1.82) is 0 Å². The molecule has 14 heavy (non-hydrogen) atoms. The fourth-order valence-corrected chi connectivity index (χ4v) is 1.73. The second kappa shape index (κ2) is 3.78. The van der Waals surface area contributed by atoms with Crippen molar-refractivity contribution in [2.24, 2.45) is 0 Å². The van der Waals surface area contributed by atoms with Crippen molar-refractivity contribution < 1.29 is 4.79 Å². The lowest BCUT2D eigenvalue weighted by Gasteiger charge is -2.15. The fourth-order valence-electron chi connectivity index (χ4n) is 1.73. The van der Waals surface area contributed by atoms with Crippen LogP contribution in [-0.2, 0) is 0 Å². The van der Waals surface area contributed by atoms with E-state index in [1.807, 2.05) is 12.1 Å². The molecule has 0 radical (unpaired) electrons. The van der Waals surface area contributed by atoms with Crippen LogP contribution in [0.4, 0.5) is 5.82 Å². The van der Waals surface area contributed by atoms with Crippen molar-refractivity contribution >= 4 is 11.6 Å². The molecule has 0 unspecified atom stereocenters. The Hall–Kier alpha value is -1.38. The number of nitrogens with zero attached hydrogens (tertiary/aromatic N) is 2. The van der Waals surface area contributed by atoms with Crippen LogP contribution in [0.3, 0.4) is 0 Å². The minimum atomic E-state index is 0.0745. The maximum atomic E-state index is 11.0. The molecule has 0 aromatic carbocycles. The second-order valence-corrected chi connectivity index (χ2v) is 3.66. The predicted molar refractivity (Wildman–Crippen MR) is 55.7 cm³/mol. The van der Waals surface area contributed by atoms with Gasteiger partial charge in [0.25, 0.3) is 0 Å². The van der Waals surface area contributed by atoms with Gasteiger partial charge in [-0.25, -0.2) is 4.98 Å². The maximum Gasteiger partial charge on any atom is 0.161 e. The molecule has 2 heterocycles. The molecule has 3 heteroatoms. The Bertz CT molecular complexity index is 326. The topological polar surface area (TPSA) is 33.2 Å². The summed E-state index contributed by atoms with van der Waals surface area (Å²) in [5.41, 5.74) is 0.688. The van der Waals surface area contributed by atoms with Gasteiger partial charge in [-0.05, 0) is 31.9 Å². The van der Waals surface area contributed by atoms with E-state index in [4.69, 9.17) is 0 Å². The number of anilines is 1. The molecule has 1 aliphatic heterocycles. The third kappa shape index (κ3) is 1.76. The number of rotatable bonds is 2. The number of ketones is 1. The van der Waals surface area contributed by atoms with Gasteiger partial charge >= 0.3 is 0 Å². The quantitative estimate of drug-likeness (QED) is 0.668. The van der Waals surface area contributed by atoms with Gasteiger partial charge in [-0.15, -0.1) is 0 Å². The zero-order valence-corrected chi connectivity index (χ0v) is 8.36.